The van der Waals surface area contributed by atoms with Crippen molar-refractivity contribution in [2.45, 2.75) is 56.9 Å². The number of aryl methyl sites for hydroxylation is 1. The van der Waals surface area contributed by atoms with Gasteiger partial charge in [-0.3, -0.25) is 4.68 Å². The molecule has 0 unspecified atom stereocenters. The number of rotatable bonds is 5. The summed E-state index contributed by atoms with van der Waals surface area (Å²) in [5.74, 6) is -3.66. The third-order valence-electron chi connectivity index (χ3n) is 6.48. The van der Waals surface area contributed by atoms with E-state index in [1.807, 2.05) is 13.1 Å². The second-order valence-electron chi connectivity index (χ2n) is 8.17. The Morgan fingerprint density at radius 3 is 2.59 bits per heavy atom. The lowest BCUT2D eigenvalue weighted by Crippen LogP contribution is -2.43. The van der Waals surface area contributed by atoms with Gasteiger partial charge in [0.1, 0.15) is 0 Å². The van der Waals surface area contributed by atoms with Gasteiger partial charge in [-0.2, -0.15) is 22.8 Å². The van der Waals surface area contributed by atoms with Crippen LogP contribution in [0.25, 0.3) is 11.5 Å². The topological polar surface area (TPSA) is 120 Å². The van der Waals surface area contributed by atoms with Crippen molar-refractivity contribution in [2.24, 2.45) is 10.6 Å². The molecule has 2 N–H and O–H groups in total. The molecule has 158 valence electrons. The minimum atomic E-state index is -3.88. The van der Waals surface area contributed by atoms with Gasteiger partial charge in [-0.25, -0.2) is 13.9 Å². The Morgan fingerprint density at radius 1 is 1.31 bits per heavy atom. The quantitative estimate of drug-likeness (QED) is 0.776. The maximum absolute atomic E-state index is 14.8. The van der Waals surface area contributed by atoms with Crippen LogP contribution in [0.1, 0.15) is 56.0 Å². The molecule has 5 rings (SSSR count). The van der Waals surface area contributed by atoms with E-state index in [-0.39, 0.29) is 37.6 Å². The highest BCUT2D eigenvalue weighted by molar-refractivity contribution is 7.86. The zero-order chi connectivity index (χ0) is 20.6. The largest absolute Gasteiger partial charge is 0.334 e. The van der Waals surface area contributed by atoms with E-state index in [1.54, 1.807) is 4.68 Å². The first-order valence-corrected chi connectivity index (χ1v) is 11.2. The van der Waals surface area contributed by atoms with Crippen LogP contribution in [0.4, 0.5) is 8.78 Å². The Kier molecular flexibility index (Phi) is 3.98. The van der Waals surface area contributed by atoms with Gasteiger partial charge in [0, 0.05) is 31.7 Å². The fourth-order valence-electron chi connectivity index (χ4n) is 4.56. The molecule has 3 aliphatic rings. The lowest BCUT2D eigenvalue weighted by Gasteiger charge is -2.30. The van der Waals surface area contributed by atoms with Gasteiger partial charge in [0.05, 0.1) is 22.6 Å². The minimum absolute atomic E-state index is 0.00601. The smallest absolute Gasteiger partial charge is 0.276 e. The van der Waals surface area contributed by atoms with E-state index >= 15 is 0 Å². The van der Waals surface area contributed by atoms with E-state index in [1.165, 1.54) is 0 Å². The van der Waals surface area contributed by atoms with Gasteiger partial charge in [0.15, 0.2) is 5.82 Å². The van der Waals surface area contributed by atoms with E-state index in [0.717, 1.165) is 22.8 Å². The molecule has 1 aliphatic heterocycles. The summed E-state index contributed by atoms with van der Waals surface area (Å²) in [5.41, 5.74) is 0.235. The average Bonchev–Trinajstić information content (AvgIpc) is 3.41. The Morgan fingerprint density at radius 2 is 2.00 bits per heavy atom. The summed E-state index contributed by atoms with van der Waals surface area (Å²) < 4.78 is 60.7. The van der Waals surface area contributed by atoms with Crippen LogP contribution >= 0.6 is 0 Å². The van der Waals surface area contributed by atoms with Crippen molar-refractivity contribution in [3.05, 3.63) is 17.7 Å². The SMILES string of the molecule is CCn1cc(-c2nc([C@@H]3C(F)(F)C34CCN(S(N)(=O)=O)CC4)no2)c(C2CC2)n1. The molecular formula is C17H22F2N6O3S. The van der Waals surface area contributed by atoms with Crippen LogP contribution in [0.3, 0.4) is 0 Å². The molecule has 2 aromatic heterocycles. The zero-order valence-electron chi connectivity index (χ0n) is 15.9. The van der Waals surface area contributed by atoms with Gasteiger partial charge in [-0.05, 0) is 32.6 Å². The second kappa shape index (κ2) is 6.05. The van der Waals surface area contributed by atoms with Crippen molar-refractivity contribution in [2.75, 3.05) is 13.1 Å². The fraction of sp³-hybridized carbons (Fsp3) is 0.706. The normalized spacial score (nSPS) is 26.1. The molecule has 0 radical (unpaired) electrons. The molecule has 1 saturated heterocycles. The molecular weight excluding hydrogens is 406 g/mol. The molecule has 2 aliphatic carbocycles. The van der Waals surface area contributed by atoms with Gasteiger partial charge in [0.25, 0.3) is 22.0 Å². The van der Waals surface area contributed by atoms with Crippen LogP contribution in [-0.2, 0) is 16.8 Å². The summed E-state index contributed by atoms with van der Waals surface area (Å²) in [6.07, 6.45) is 3.91. The number of hydrogen-bond acceptors (Lipinski definition) is 6. The van der Waals surface area contributed by atoms with Gasteiger partial charge in [0.2, 0.25) is 0 Å². The van der Waals surface area contributed by atoms with Gasteiger partial charge < -0.3 is 4.52 Å². The van der Waals surface area contributed by atoms with Crippen molar-refractivity contribution < 1.29 is 21.7 Å². The maximum Gasteiger partial charge on any atom is 0.276 e. The highest BCUT2D eigenvalue weighted by Gasteiger charge is 2.82. The standard InChI is InChI=1S/C17H22F2N6O3S/c1-2-24-9-11(12(22-24)10-3-4-10)15-21-14(23-28-15)13-16(17(13,18)19)5-7-25(8-6-16)29(20,26)27/h9-10,13H,2-8H2,1H3,(H2,20,26,27)/t13-/m0/s1. The maximum atomic E-state index is 14.8. The van der Waals surface area contributed by atoms with E-state index < -0.39 is 27.5 Å². The molecule has 2 aromatic rings. The van der Waals surface area contributed by atoms with Crippen molar-refractivity contribution in [3.63, 3.8) is 0 Å². The van der Waals surface area contributed by atoms with Gasteiger partial charge in [-0.1, -0.05) is 5.16 Å². The van der Waals surface area contributed by atoms with Crippen molar-refractivity contribution in [1.82, 2.24) is 24.2 Å². The Balaban J connectivity index is 1.41. The molecule has 1 atom stereocenters. The average molecular weight is 428 g/mol. The molecule has 29 heavy (non-hydrogen) atoms. The Hall–Kier alpha value is -1.92. The number of piperidine rings is 1. The Labute approximate surface area is 166 Å². The number of alkyl halides is 2. The number of nitrogens with zero attached hydrogens (tertiary/aromatic N) is 5. The summed E-state index contributed by atoms with van der Waals surface area (Å²) >= 11 is 0. The first-order chi connectivity index (χ1) is 13.7. The lowest BCUT2D eigenvalue weighted by molar-refractivity contribution is 0.0411. The lowest BCUT2D eigenvalue weighted by atomic mass is 9.91. The summed E-state index contributed by atoms with van der Waals surface area (Å²) in [7, 11) is -3.88. The van der Waals surface area contributed by atoms with E-state index in [0.29, 0.717) is 18.0 Å². The van der Waals surface area contributed by atoms with E-state index in [9.17, 15) is 17.2 Å². The first kappa shape index (κ1) is 19.1. The summed E-state index contributed by atoms with van der Waals surface area (Å²) in [4.78, 5) is 4.31. The van der Waals surface area contributed by atoms with Crippen LogP contribution < -0.4 is 5.14 Å². The van der Waals surface area contributed by atoms with Gasteiger partial charge in [-0.15, -0.1) is 0 Å². The van der Waals surface area contributed by atoms with Crippen LogP contribution in [-0.4, -0.2) is 51.7 Å². The molecule has 0 amide bonds. The monoisotopic (exact) mass is 428 g/mol. The highest BCUT2D eigenvalue weighted by atomic mass is 32.2. The summed E-state index contributed by atoms with van der Waals surface area (Å²) in [6.45, 7) is 2.58. The zero-order valence-corrected chi connectivity index (χ0v) is 16.7. The number of hydrogen-bond donors (Lipinski definition) is 1. The molecule has 2 saturated carbocycles. The van der Waals surface area contributed by atoms with Crippen LogP contribution in [0, 0.1) is 5.41 Å². The summed E-state index contributed by atoms with van der Waals surface area (Å²) in [5, 5.41) is 13.5. The second-order valence-corrected chi connectivity index (χ2v) is 9.72. The Bertz CT molecular complexity index is 1050. The van der Waals surface area contributed by atoms with Crippen LogP contribution in [0.5, 0.6) is 0 Å². The first-order valence-electron chi connectivity index (χ1n) is 9.74. The predicted molar refractivity (Wildman–Crippen MR) is 97.2 cm³/mol. The molecule has 9 nitrogen and oxygen atoms in total. The molecule has 0 aromatic carbocycles. The fourth-order valence-corrected chi connectivity index (χ4v) is 5.25. The number of halogens is 2. The van der Waals surface area contributed by atoms with Crippen molar-refractivity contribution >= 4 is 10.2 Å². The predicted octanol–water partition coefficient (Wildman–Crippen LogP) is 1.85. The number of aromatic nitrogens is 4. The van der Waals surface area contributed by atoms with Crippen molar-refractivity contribution in [1.29, 1.82) is 0 Å². The molecule has 3 heterocycles. The summed E-state index contributed by atoms with van der Waals surface area (Å²) in [6, 6.07) is 0. The molecule has 0 bridgehead atoms. The van der Waals surface area contributed by atoms with Crippen molar-refractivity contribution in [3.8, 4) is 11.5 Å². The minimum Gasteiger partial charge on any atom is -0.334 e. The third kappa shape index (κ3) is 2.83. The molecule has 1 spiro atoms. The van der Waals surface area contributed by atoms with E-state index in [2.05, 4.69) is 15.2 Å². The number of nitrogens with two attached hydrogens (primary N) is 1. The third-order valence-corrected chi connectivity index (χ3v) is 7.56. The van der Waals surface area contributed by atoms with E-state index in [4.69, 9.17) is 9.66 Å². The molecule has 12 heteroatoms. The molecule has 3 fully saturated rings. The van der Waals surface area contributed by atoms with Gasteiger partial charge >= 0.3 is 0 Å². The van der Waals surface area contributed by atoms with Crippen LogP contribution in [0.15, 0.2) is 10.7 Å². The van der Waals surface area contributed by atoms with Crippen LogP contribution in [0.2, 0.25) is 0 Å². The highest BCUT2D eigenvalue weighted by Crippen LogP contribution is 2.75.